The third-order valence-corrected chi connectivity index (χ3v) is 12.4. The molecule has 6 N–H and O–H groups in total. The van der Waals surface area contributed by atoms with Crippen molar-refractivity contribution in [2.45, 2.75) is 63.7 Å². The van der Waals surface area contributed by atoms with Crippen molar-refractivity contribution in [3.05, 3.63) is 89.7 Å². The summed E-state index contributed by atoms with van der Waals surface area (Å²) in [5.41, 5.74) is 6.15. The van der Waals surface area contributed by atoms with Crippen LogP contribution in [0.5, 0.6) is 5.75 Å². The van der Waals surface area contributed by atoms with Gasteiger partial charge < -0.3 is 50.0 Å². The fraction of sp³-hybridized carbons (Fsp3) is 0.349. The van der Waals surface area contributed by atoms with Gasteiger partial charge in [-0.2, -0.15) is 0 Å². The Balaban J connectivity index is 0.987. The number of hydrogen-bond acceptors (Lipinski definition) is 10. The van der Waals surface area contributed by atoms with Crippen molar-refractivity contribution >= 4 is 45.6 Å². The molecule has 2 saturated heterocycles. The summed E-state index contributed by atoms with van der Waals surface area (Å²) < 4.78 is 10.6. The van der Waals surface area contributed by atoms with Crippen molar-refractivity contribution < 1.29 is 33.8 Å². The monoisotopic (exact) mass is 833 g/mol. The summed E-state index contributed by atoms with van der Waals surface area (Å²) in [5.74, 6) is 0.825. The number of carbonyl (C=O) groups is 4. The summed E-state index contributed by atoms with van der Waals surface area (Å²) in [4.78, 5) is 75.0. The number of likely N-dealkylation sites (tertiary alicyclic amines) is 2. The molecule has 312 valence electrons. The number of phenols is 1. The number of alkyl carbamates (subject to hydrolysis) is 2. The lowest BCUT2D eigenvalue weighted by Gasteiger charge is -2.30. The largest absolute Gasteiger partial charge is 0.507 e. The van der Waals surface area contributed by atoms with Crippen molar-refractivity contribution in [3.63, 3.8) is 0 Å². The summed E-state index contributed by atoms with van der Waals surface area (Å²) in [6.07, 6.45) is 7.08. The van der Waals surface area contributed by atoms with Crippen LogP contribution in [0.25, 0.3) is 43.9 Å². The summed E-state index contributed by atoms with van der Waals surface area (Å²) in [6.45, 7) is 4.83. The van der Waals surface area contributed by atoms with Gasteiger partial charge in [0.25, 0.3) is 5.91 Å². The van der Waals surface area contributed by atoms with Gasteiger partial charge in [-0.05, 0) is 49.3 Å². The van der Waals surface area contributed by atoms with Crippen LogP contribution in [0.2, 0.25) is 0 Å². The number of nitrogens with zero attached hydrogens (tertiary/aromatic N) is 4. The first kappa shape index (κ1) is 40.2. The zero-order chi connectivity index (χ0) is 42.1. The number of H-pyrrole nitrogens is 3. The van der Waals surface area contributed by atoms with Gasteiger partial charge in [-0.15, -0.1) is 11.3 Å². The van der Waals surface area contributed by atoms with Crippen LogP contribution < -0.4 is 10.6 Å². The number of aromatic amines is 3. The van der Waals surface area contributed by atoms with Crippen LogP contribution in [0, 0.1) is 5.92 Å². The quantitative estimate of drug-likeness (QED) is 0.0779. The van der Waals surface area contributed by atoms with E-state index < -0.39 is 24.3 Å². The molecule has 0 aliphatic carbocycles. The molecular formula is C43H47N9O7S. The van der Waals surface area contributed by atoms with E-state index in [1.165, 1.54) is 14.2 Å². The summed E-state index contributed by atoms with van der Waals surface area (Å²) in [6, 6.07) is 12.4. The van der Waals surface area contributed by atoms with Crippen LogP contribution in [-0.4, -0.2) is 97.2 Å². The Labute approximate surface area is 349 Å². The van der Waals surface area contributed by atoms with Crippen LogP contribution in [-0.2, 0) is 19.1 Å². The molecular weight excluding hydrogens is 787 g/mol. The average Bonchev–Trinajstić information content (AvgIpc) is 4.11. The lowest BCUT2D eigenvalue weighted by atomic mass is 10.0. The molecule has 4 atom stereocenters. The third-order valence-electron chi connectivity index (χ3n) is 11.4. The number of ether oxygens (including phenoxy) is 2. The molecule has 8 rings (SSSR count). The van der Waals surface area contributed by atoms with Crippen molar-refractivity contribution in [2.75, 3.05) is 27.3 Å². The van der Waals surface area contributed by atoms with Crippen molar-refractivity contribution in [2.24, 2.45) is 5.92 Å². The Kier molecular flexibility index (Phi) is 11.3. The van der Waals surface area contributed by atoms with E-state index in [9.17, 15) is 24.3 Å². The molecule has 2 fully saturated rings. The first-order valence-corrected chi connectivity index (χ1v) is 20.8. The van der Waals surface area contributed by atoms with Crippen LogP contribution in [0.1, 0.15) is 74.9 Å². The molecule has 0 bridgehead atoms. The molecule has 16 nitrogen and oxygen atoms in total. The molecule has 2 aromatic carbocycles. The number of carbonyl (C=O) groups excluding carboxylic acids is 4. The molecule has 2 aliphatic heterocycles. The van der Waals surface area contributed by atoms with Crippen LogP contribution in [0.15, 0.2) is 72.5 Å². The van der Waals surface area contributed by atoms with Crippen molar-refractivity contribution in [1.29, 1.82) is 0 Å². The maximum absolute atomic E-state index is 14.0. The van der Waals surface area contributed by atoms with Crippen molar-refractivity contribution in [1.82, 2.24) is 45.4 Å². The number of fused-ring (bicyclic) bond motifs is 1. The smallest absolute Gasteiger partial charge is 0.407 e. The van der Waals surface area contributed by atoms with E-state index in [1.807, 2.05) is 55.8 Å². The number of phenolic OH excluding ortho intramolecular Hbond substituents is 1. The van der Waals surface area contributed by atoms with E-state index in [0.717, 1.165) is 51.9 Å². The lowest BCUT2D eigenvalue weighted by Crippen LogP contribution is -2.51. The number of amides is 4. The van der Waals surface area contributed by atoms with Crippen LogP contribution >= 0.6 is 11.3 Å². The van der Waals surface area contributed by atoms with Crippen LogP contribution in [0.4, 0.5) is 9.59 Å². The molecule has 17 heteroatoms. The zero-order valence-electron chi connectivity index (χ0n) is 33.7. The molecule has 4 aromatic heterocycles. The fourth-order valence-corrected chi connectivity index (χ4v) is 9.38. The second-order valence-electron chi connectivity index (χ2n) is 15.4. The minimum absolute atomic E-state index is 0.0937. The van der Waals surface area contributed by atoms with E-state index in [2.05, 4.69) is 30.6 Å². The average molecular weight is 834 g/mol. The molecule has 2 aliphatic rings. The topological polar surface area (TPSA) is 211 Å². The highest BCUT2D eigenvalue weighted by Crippen LogP contribution is 2.43. The standard InChI is InChI=1S/C43H47N9O7S/c1-23(2)34(49-42(56)58-3)40(54)51-16-8-12-31(51)38-45-20-29(47-38)25-14-15-26(33(53)18-25)28-22-60-37-27(19-44-36(28)37)30-21-46-39(48-30)32-13-9-17-52(32)41(55)35(50-43(57)59-4)24-10-6-5-7-11-24/h5-7,10-11,14-15,18-23,31-32,34-35,44,53H,8-9,12-13,16-17H2,1-4H3,(H,45,47)(H,46,48)(H,49,56)(H,50,57)/t31?,32?,34-,35+/m0/s1. The first-order valence-electron chi connectivity index (χ1n) is 19.9. The third kappa shape index (κ3) is 7.67. The Morgan fingerprint density at radius 3 is 2.10 bits per heavy atom. The zero-order valence-corrected chi connectivity index (χ0v) is 34.5. The Bertz CT molecular complexity index is 2520. The SMILES string of the molecule is COC(=O)N[C@H](C(=O)N1CCCC1c1ncc(-c2ccc(-c3csc4c(-c5cnc(C6CCCN6C(=O)[C@H](NC(=O)OC)c6ccccc6)[nH]5)c[nH]c34)c(O)c2)[nH]1)C(C)C. The molecule has 2 unspecified atom stereocenters. The van der Waals surface area contributed by atoms with E-state index in [4.69, 9.17) is 14.5 Å². The number of hydrogen-bond donors (Lipinski definition) is 6. The van der Waals surface area contributed by atoms with Crippen LogP contribution in [0.3, 0.4) is 0 Å². The molecule has 4 amide bonds. The fourth-order valence-electron chi connectivity index (χ4n) is 8.31. The molecule has 6 aromatic rings. The number of thiophene rings is 1. The number of nitrogens with one attached hydrogen (secondary N) is 5. The summed E-state index contributed by atoms with van der Waals surface area (Å²) in [7, 11) is 2.54. The van der Waals surface area contributed by atoms with Gasteiger partial charge in [0.2, 0.25) is 5.91 Å². The number of methoxy groups -OCH3 is 2. The Morgan fingerprint density at radius 1 is 0.817 bits per heavy atom. The number of benzene rings is 2. The van der Waals surface area contributed by atoms with E-state index in [-0.39, 0.29) is 35.6 Å². The number of rotatable bonds is 11. The molecule has 0 spiro atoms. The number of aromatic nitrogens is 5. The van der Waals surface area contributed by atoms with Gasteiger partial charge in [-0.1, -0.05) is 50.2 Å². The van der Waals surface area contributed by atoms with Gasteiger partial charge in [0.15, 0.2) is 0 Å². The highest BCUT2D eigenvalue weighted by Gasteiger charge is 2.39. The van der Waals surface area contributed by atoms with E-state index in [1.54, 1.807) is 51.7 Å². The van der Waals surface area contributed by atoms with Crippen molar-refractivity contribution in [3.8, 4) is 39.4 Å². The Hall–Kier alpha value is -6.62. The number of aromatic hydroxyl groups is 1. The second-order valence-corrected chi connectivity index (χ2v) is 16.2. The lowest BCUT2D eigenvalue weighted by molar-refractivity contribution is -0.135. The number of imidazole rings is 2. The predicted octanol–water partition coefficient (Wildman–Crippen LogP) is 7.19. The first-order chi connectivity index (χ1) is 29.1. The second kappa shape index (κ2) is 16.9. The van der Waals surface area contributed by atoms with Gasteiger partial charge in [0.1, 0.15) is 29.5 Å². The molecule has 6 heterocycles. The van der Waals surface area contributed by atoms with E-state index in [0.29, 0.717) is 48.0 Å². The molecule has 0 saturated carbocycles. The maximum Gasteiger partial charge on any atom is 0.407 e. The Morgan fingerprint density at radius 2 is 1.45 bits per heavy atom. The van der Waals surface area contributed by atoms with Gasteiger partial charge in [0, 0.05) is 46.9 Å². The van der Waals surface area contributed by atoms with Gasteiger partial charge in [-0.25, -0.2) is 19.6 Å². The maximum atomic E-state index is 14.0. The minimum Gasteiger partial charge on any atom is -0.507 e. The van der Waals surface area contributed by atoms with Gasteiger partial charge in [0.05, 0.1) is 60.3 Å². The molecule has 60 heavy (non-hydrogen) atoms. The van der Waals surface area contributed by atoms with Gasteiger partial charge in [-0.3, -0.25) is 9.59 Å². The highest BCUT2D eigenvalue weighted by molar-refractivity contribution is 7.18. The normalized spacial score (nSPS) is 17.6. The van der Waals surface area contributed by atoms with Gasteiger partial charge >= 0.3 is 12.2 Å². The highest BCUT2D eigenvalue weighted by atomic mass is 32.1. The van der Waals surface area contributed by atoms with E-state index >= 15 is 0 Å². The predicted molar refractivity (Wildman–Crippen MR) is 225 cm³/mol. The summed E-state index contributed by atoms with van der Waals surface area (Å²) in [5, 5.41) is 18.8. The summed E-state index contributed by atoms with van der Waals surface area (Å²) >= 11 is 1.55. The molecule has 0 radical (unpaired) electrons. The minimum atomic E-state index is -0.910.